The second-order valence-corrected chi connectivity index (χ2v) is 6.72. The highest BCUT2D eigenvalue weighted by Crippen LogP contribution is 2.30. The molecule has 3 rings (SSSR count). The highest BCUT2D eigenvalue weighted by Gasteiger charge is 2.06. The lowest BCUT2D eigenvalue weighted by Crippen LogP contribution is -1.90. The van der Waals surface area contributed by atoms with Crippen LogP contribution in [0.3, 0.4) is 0 Å². The van der Waals surface area contributed by atoms with Gasteiger partial charge in [-0.15, -0.1) is 23.1 Å². The first kappa shape index (κ1) is 14.2. The van der Waals surface area contributed by atoms with Crippen LogP contribution in [0.15, 0.2) is 58.8 Å². The van der Waals surface area contributed by atoms with E-state index in [0.29, 0.717) is 0 Å². The topological polar surface area (TPSA) is 38.9 Å². The summed E-state index contributed by atoms with van der Waals surface area (Å²) >= 11 is 3.43. The highest BCUT2D eigenvalue weighted by molar-refractivity contribution is 7.98. The summed E-state index contributed by atoms with van der Waals surface area (Å²) < 4.78 is 0. The first-order valence-electron chi connectivity index (χ1n) is 6.71. The van der Waals surface area contributed by atoms with Crippen LogP contribution in [-0.4, -0.2) is 4.98 Å². The maximum absolute atomic E-state index is 6.04. The Morgan fingerprint density at radius 1 is 1.14 bits per heavy atom. The number of nitrogen functional groups attached to an aromatic ring is 1. The van der Waals surface area contributed by atoms with Gasteiger partial charge in [-0.05, 0) is 24.6 Å². The van der Waals surface area contributed by atoms with Crippen LogP contribution < -0.4 is 5.73 Å². The van der Waals surface area contributed by atoms with Crippen LogP contribution in [0.5, 0.6) is 0 Å². The molecule has 0 radical (unpaired) electrons. The molecule has 0 saturated heterocycles. The Labute approximate surface area is 133 Å². The molecular formula is C17H16N2S2. The van der Waals surface area contributed by atoms with E-state index in [2.05, 4.69) is 36.6 Å². The summed E-state index contributed by atoms with van der Waals surface area (Å²) in [6, 6.07) is 16.5. The molecule has 0 aliphatic heterocycles. The van der Waals surface area contributed by atoms with Gasteiger partial charge in [0.1, 0.15) is 5.01 Å². The number of aryl methyl sites for hydroxylation is 1. The molecule has 0 unspecified atom stereocenters. The predicted octanol–water partition coefficient (Wildman–Crippen LogP) is 4.99. The van der Waals surface area contributed by atoms with Gasteiger partial charge in [-0.1, -0.05) is 36.4 Å². The van der Waals surface area contributed by atoms with Crippen molar-refractivity contribution in [3.05, 3.63) is 65.2 Å². The zero-order chi connectivity index (χ0) is 14.7. The fourth-order valence-electron chi connectivity index (χ4n) is 2.04. The van der Waals surface area contributed by atoms with Crippen LogP contribution in [0.2, 0.25) is 0 Å². The van der Waals surface area contributed by atoms with E-state index in [-0.39, 0.29) is 0 Å². The fraction of sp³-hybridized carbons (Fsp3) is 0.118. The van der Waals surface area contributed by atoms with Gasteiger partial charge < -0.3 is 5.73 Å². The Bertz CT molecular complexity index is 736. The van der Waals surface area contributed by atoms with E-state index in [9.17, 15) is 0 Å². The van der Waals surface area contributed by atoms with E-state index >= 15 is 0 Å². The second-order valence-electron chi connectivity index (χ2n) is 4.84. The quantitative estimate of drug-likeness (QED) is 0.544. The van der Waals surface area contributed by atoms with Crippen molar-refractivity contribution >= 4 is 28.8 Å². The molecule has 2 N–H and O–H groups in total. The van der Waals surface area contributed by atoms with Gasteiger partial charge in [-0.2, -0.15) is 0 Å². The van der Waals surface area contributed by atoms with E-state index < -0.39 is 0 Å². The average molecular weight is 312 g/mol. The Kier molecular flexibility index (Phi) is 4.27. The lowest BCUT2D eigenvalue weighted by molar-refractivity contribution is 1.23. The van der Waals surface area contributed by atoms with Gasteiger partial charge in [-0.3, -0.25) is 0 Å². The minimum Gasteiger partial charge on any atom is -0.398 e. The van der Waals surface area contributed by atoms with Crippen molar-refractivity contribution in [2.45, 2.75) is 17.6 Å². The van der Waals surface area contributed by atoms with E-state index in [1.807, 2.05) is 24.3 Å². The average Bonchev–Trinajstić information content (AvgIpc) is 2.96. The van der Waals surface area contributed by atoms with Gasteiger partial charge in [0.15, 0.2) is 0 Å². The first-order valence-corrected chi connectivity index (χ1v) is 8.57. The van der Waals surface area contributed by atoms with E-state index in [1.165, 1.54) is 11.1 Å². The number of anilines is 1. The smallest absolute Gasteiger partial charge is 0.123 e. The van der Waals surface area contributed by atoms with Crippen molar-refractivity contribution in [2.75, 3.05) is 5.73 Å². The van der Waals surface area contributed by atoms with Crippen molar-refractivity contribution in [1.82, 2.24) is 4.98 Å². The Morgan fingerprint density at radius 2 is 1.95 bits per heavy atom. The summed E-state index contributed by atoms with van der Waals surface area (Å²) in [5.41, 5.74) is 10.4. The third-order valence-corrected chi connectivity index (χ3v) is 5.18. The van der Waals surface area contributed by atoms with Gasteiger partial charge in [0, 0.05) is 27.3 Å². The monoisotopic (exact) mass is 312 g/mol. The maximum Gasteiger partial charge on any atom is 0.123 e. The minimum absolute atomic E-state index is 0.844. The molecule has 4 heteroatoms. The van der Waals surface area contributed by atoms with Crippen LogP contribution >= 0.6 is 23.1 Å². The zero-order valence-electron chi connectivity index (χ0n) is 11.7. The number of nitrogens with two attached hydrogens (primary N) is 1. The van der Waals surface area contributed by atoms with Crippen LogP contribution in [-0.2, 0) is 5.75 Å². The number of nitrogens with zero attached hydrogens (tertiary/aromatic N) is 1. The standard InChI is InChI=1S/C17H16N2S2/c1-12-7-8-16(15(18)9-12)20-10-14-11-21-17(19-14)13-5-3-2-4-6-13/h2-9,11H,10,18H2,1H3. The summed E-state index contributed by atoms with van der Waals surface area (Å²) in [5.74, 6) is 0.844. The largest absolute Gasteiger partial charge is 0.398 e. The lowest BCUT2D eigenvalue weighted by Gasteiger charge is -2.05. The maximum atomic E-state index is 6.04. The zero-order valence-corrected chi connectivity index (χ0v) is 13.4. The molecule has 106 valence electrons. The van der Waals surface area contributed by atoms with Gasteiger partial charge >= 0.3 is 0 Å². The van der Waals surface area contributed by atoms with Gasteiger partial charge in [0.25, 0.3) is 0 Å². The SMILES string of the molecule is Cc1ccc(SCc2csc(-c3ccccc3)n2)c(N)c1. The highest BCUT2D eigenvalue weighted by atomic mass is 32.2. The lowest BCUT2D eigenvalue weighted by atomic mass is 10.2. The van der Waals surface area contributed by atoms with Gasteiger partial charge in [0.2, 0.25) is 0 Å². The molecule has 21 heavy (non-hydrogen) atoms. The molecule has 0 bridgehead atoms. The summed E-state index contributed by atoms with van der Waals surface area (Å²) in [6.45, 7) is 2.05. The third-order valence-electron chi connectivity index (χ3n) is 3.11. The number of hydrogen-bond donors (Lipinski definition) is 1. The number of rotatable bonds is 4. The van der Waals surface area contributed by atoms with Gasteiger partial charge in [0.05, 0.1) is 5.69 Å². The molecule has 0 amide bonds. The number of thioether (sulfide) groups is 1. The van der Waals surface area contributed by atoms with Crippen molar-refractivity contribution in [1.29, 1.82) is 0 Å². The van der Waals surface area contributed by atoms with Crippen molar-refractivity contribution in [2.24, 2.45) is 0 Å². The summed E-state index contributed by atoms with van der Waals surface area (Å²) in [7, 11) is 0. The second kappa shape index (κ2) is 6.33. The molecule has 1 aromatic heterocycles. The summed E-state index contributed by atoms with van der Waals surface area (Å²) in [5, 5.41) is 3.20. The number of benzene rings is 2. The van der Waals surface area contributed by atoms with Gasteiger partial charge in [-0.25, -0.2) is 4.98 Å². The molecular weight excluding hydrogens is 296 g/mol. The van der Waals surface area contributed by atoms with Crippen molar-refractivity contribution < 1.29 is 0 Å². The predicted molar refractivity (Wildman–Crippen MR) is 92.7 cm³/mol. The molecule has 0 fully saturated rings. The first-order chi connectivity index (χ1) is 10.2. The summed E-state index contributed by atoms with van der Waals surface area (Å²) in [6.07, 6.45) is 0. The summed E-state index contributed by atoms with van der Waals surface area (Å²) in [4.78, 5) is 5.82. The van der Waals surface area contributed by atoms with Crippen LogP contribution in [0.25, 0.3) is 10.6 Å². The molecule has 0 aliphatic carbocycles. The number of hydrogen-bond acceptors (Lipinski definition) is 4. The Hall–Kier alpha value is -1.78. The molecule has 3 aromatic rings. The molecule has 1 heterocycles. The fourth-order valence-corrected chi connectivity index (χ4v) is 3.81. The number of thiazole rings is 1. The molecule has 2 nitrogen and oxygen atoms in total. The molecule has 0 saturated carbocycles. The van der Waals surface area contributed by atoms with E-state index in [4.69, 9.17) is 10.7 Å². The van der Waals surface area contributed by atoms with Crippen LogP contribution in [0.4, 0.5) is 5.69 Å². The number of aromatic nitrogens is 1. The molecule has 0 atom stereocenters. The minimum atomic E-state index is 0.844. The van der Waals surface area contributed by atoms with Crippen LogP contribution in [0.1, 0.15) is 11.3 Å². The Balaban J connectivity index is 1.70. The molecule has 0 aliphatic rings. The van der Waals surface area contributed by atoms with E-state index in [0.717, 1.165) is 27.0 Å². The normalized spacial score (nSPS) is 10.7. The molecule has 0 spiro atoms. The van der Waals surface area contributed by atoms with E-state index in [1.54, 1.807) is 23.1 Å². The molecule has 2 aromatic carbocycles. The van der Waals surface area contributed by atoms with Crippen LogP contribution in [0, 0.1) is 6.92 Å². The van der Waals surface area contributed by atoms with Crippen molar-refractivity contribution in [3.63, 3.8) is 0 Å². The van der Waals surface area contributed by atoms with Crippen molar-refractivity contribution in [3.8, 4) is 10.6 Å². The third kappa shape index (κ3) is 3.46. The Morgan fingerprint density at radius 3 is 2.71 bits per heavy atom.